The smallest absolute Gasteiger partial charge is 0.386 e. The van der Waals surface area contributed by atoms with Crippen molar-refractivity contribution < 1.29 is 22.7 Å². The van der Waals surface area contributed by atoms with Crippen LogP contribution in [0.2, 0.25) is 0 Å². The van der Waals surface area contributed by atoms with Crippen LogP contribution < -0.4 is 4.74 Å². The van der Waals surface area contributed by atoms with E-state index in [0.29, 0.717) is 6.29 Å². The van der Waals surface area contributed by atoms with Gasteiger partial charge < -0.3 is 4.74 Å². The molecule has 0 aliphatic carbocycles. The molecule has 0 aliphatic heterocycles. The summed E-state index contributed by atoms with van der Waals surface area (Å²) in [6.07, 6.45) is -4.45. The summed E-state index contributed by atoms with van der Waals surface area (Å²) < 4.78 is 37.9. The molecular formula is C5H3F3N2O2. The Balaban J connectivity index is 2.70. The lowest BCUT2D eigenvalue weighted by Crippen LogP contribution is -2.17. The van der Waals surface area contributed by atoms with Crippen molar-refractivity contribution in [3.05, 3.63) is 11.8 Å². The van der Waals surface area contributed by atoms with Gasteiger partial charge in [-0.3, -0.25) is 9.89 Å². The number of ether oxygens (including phenoxy) is 1. The van der Waals surface area contributed by atoms with Crippen LogP contribution in [0.15, 0.2) is 6.07 Å². The van der Waals surface area contributed by atoms with E-state index in [-0.39, 0.29) is 5.69 Å². The fraction of sp³-hybridized carbons (Fsp3) is 0.200. The summed E-state index contributed by atoms with van der Waals surface area (Å²) in [5.74, 6) is -0.676. The van der Waals surface area contributed by atoms with E-state index in [9.17, 15) is 18.0 Å². The lowest BCUT2D eigenvalue weighted by atomic mass is 10.5. The predicted molar refractivity (Wildman–Crippen MR) is 30.7 cm³/mol. The maximum Gasteiger partial charge on any atom is 0.574 e. The van der Waals surface area contributed by atoms with Crippen molar-refractivity contribution in [1.29, 1.82) is 0 Å². The highest BCUT2D eigenvalue weighted by molar-refractivity contribution is 5.71. The van der Waals surface area contributed by atoms with E-state index in [4.69, 9.17) is 0 Å². The second kappa shape index (κ2) is 2.84. The molecule has 1 N–H and O–H groups in total. The molecule has 1 aromatic heterocycles. The first-order valence-electron chi connectivity index (χ1n) is 2.77. The molecule has 0 amide bonds. The first kappa shape index (κ1) is 8.57. The van der Waals surface area contributed by atoms with Crippen molar-refractivity contribution in [3.8, 4) is 5.88 Å². The summed E-state index contributed by atoms with van der Waals surface area (Å²) in [4.78, 5) is 9.98. The Morgan fingerprint density at radius 2 is 2.25 bits per heavy atom. The maximum absolute atomic E-state index is 11.5. The molecule has 1 rings (SSSR count). The molecule has 0 saturated carbocycles. The molecule has 0 radical (unpaired) electrons. The average molecular weight is 180 g/mol. The number of halogens is 3. The van der Waals surface area contributed by atoms with Crippen LogP contribution in [-0.2, 0) is 0 Å². The zero-order valence-electron chi connectivity index (χ0n) is 5.55. The van der Waals surface area contributed by atoms with Crippen molar-refractivity contribution in [2.75, 3.05) is 0 Å². The number of nitrogens with one attached hydrogen (secondary N) is 1. The van der Waals surface area contributed by atoms with Crippen molar-refractivity contribution in [3.63, 3.8) is 0 Å². The van der Waals surface area contributed by atoms with Gasteiger partial charge in [0, 0.05) is 6.07 Å². The molecule has 1 heterocycles. The minimum Gasteiger partial charge on any atom is -0.386 e. The molecule has 0 aliphatic rings. The van der Waals surface area contributed by atoms with Crippen LogP contribution in [0.5, 0.6) is 5.88 Å². The molecule has 66 valence electrons. The summed E-state index contributed by atoms with van der Waals surface area (Å²) >= 11 is 0. The minimum absolute atomic E-state index is 0.0748. The first-order valence-corrected chi connectivity index (χ1v) is 2.77. The number of aldehydes is 1. The lowest BCUT2D eigenvalue weighted by molar-refractivity contribution is -0.276. The van der Waals surface area contributed by atoms with Crippen LogP contribution in [0.25, 0.3) is 0 Å². The molecule has 0 saturated heterocycles. The average Bonchev–Trinajstić information content (AvgIpc) is 2.32. The van der Waals surface area contributed by atoms with Gasteiger partial charge in [-0.1, -0.05) is 0 Å². The lowest BCUT2D eigenvalue weighted by Gasteiger charge is -2.03. The number of aromatic nitrogens is 2. The Hall–Kier alpha value is -1.53. The highest BCUT2D eigenvalue weighted by Gasteiger charge is 2.32. The number of aromatic amines is 1. The van der Waals surface area contributed by atoms with Gasteiger partial charge >= 0.3 is 6.36 Å². The molecule has 12 heavy (non-hydrogen) atoms. The van der Waals surface area contributed by atoms with Crippen molar-refractivity contribution in [2.45, 2.75) is 6.36 Å². The van der Waals surface area contributed by atoms with Gasteiger partial charge in [-0.25, -0.2) is 0 Å². The molecular weight excluding hydrogens is 177 g/mol. The minimum atomic E-state index is -4.78. The van der Waals surface area contributed by atoms with E-state index in [1.165, 1.54) is 0 Å². The number of hydrogen-bond donors (Lipinski definition) is 1. The van der Waals surface area contributed by atoms with E-state index >= 15 is 0 Å². The van der Waals surface area contributed by atoms with Crippen LogP contribution >= 0.6 is 0 Å². The molecule has 7 heteroatoms. The number of carbonyl (C=O) groups is 1. The van der Waals surface area contributed by atoms with Gasteiger partial charge in [0.05, 0.1) is 0 Å². The van der Waals surface area contributed by atoms with Gasteiger partial charge in [-0.2, -0.15) is 0 Å². The van der Waals surface area contributed by atoms with E-state index in [1.807, 2.05) is 5.10 Å². The molecule has 0 bridgehead atoms. The highest BCUT2D eigenvalue weighted by atomic mass is 19.4. The largest absolute Gasteiger partial charge is 0.574 e. The Kier molecular flexibility index (Phi) is 2.03. The van der Waals surface area contributed by atoms with Gasteiger partial charge in [-0.15, -0.1) is 18.3 Å². The number of hydrogen-bond acceptors (Lipinski definition) is 3. The highest BCUT2D eigenvalue weighted by Crippen LogP contribution is 2.20. The Morgan fingerprint density at radius 1 is 1.58 bits per heavy atom. The number of carbonyl (C=O) groups excluding carboxylic acids is 1. The number of nitrogens with zero attached hydrogens (tertiary/aromatic N) is 1. The van der Waals surface area contributed by atoms with Crippen LogP contribution in [-0.4, -0.2) is 22.8 Å². The van der Waals surface area contributed by atoms with Crippen LogP contribution in [0.1, 0.15) is 10.5 Å². The fourth-order valence-electron chi connectivity index (χ4n) is 0.548. The molecule has 4 nitrogen and oxygen atoms in total. The normalized spacial score (nSPS) is 11.2. The second-order valence-electron chi connectivity index (χ2n) is 1.83. The third kappa shape index (κ3) is 2.26. The fourth-order valence-corrected chi connectivity index (χ4v) is 0.548. The summed E-state index contributed by atoms with van der Waals surface area (Å²) in [5, 5.41) is 5.11. The molecule has 0 aromatic carbocycles. The monoisotopic (exact) mass is 180 g/mol. The van der Waals surface area contributed by atoms with E-state index in [2.05, 4.69) is 9.84 Å². The topological polar surface area (TPSA) is 55.0 Å². The maximum atomic E-state index is 11.5. The number of alkyl halides is 3. The number of H-pyrrole nitrogens is 1. The Bertz CT molecular complexity index is 280. The summed E-state index contributed by atoms with van der Waals surface area (Å²) in [7, 11) is 0. The van der Waals surface area contributed by atoms with Crippen molar-refractivity contribution in [1.82, 2.24) is 10.2 Å². The Labute approximate surface area is 64.3 Å². The van der Waals surface area contributed by atoms with Gasteiger partial charge in [0.1, 0.15) is 5.69 Å². The van der Waals surface area contributed by atoms with Crippen molar-refractivity contribution >= 4 is 6.29 Å². The van der Waals surface area contributed by atoms with E-state index in [0.717, 1.165) is 6.07 Å². The summed E-state index contributed by atoms with van der Waals surface area (Å²) in [5.41, 5.74) is -0.0748. The molecule has 0 atom stereocenters. The van der Waals surface area contributed by atoms with Gasteiger partial charge in [-0.05, 0) is 0 Å². The van der Waals surface area contributed by atoms with Crippen LogP contribution in [0.3, 0.4) is 0 Å². The zero-order chi connectivity index (χ0) is 9.19. The van der Waals surface area contributed by atoms with Crippen LogP contribution in [0.4, 0.5) is 13.2 Å². The second-order valence-corrected chi connectivity index (χ2v) is 1.83. The third-order valence-corrected chi connectivity index (χ3v) is 0.921. The summed E-state index contributed by atoms with van der Waals surface area (Å²) in [6, 6.07) is 0.848. The van der Waals surface area contributed by atoms with Crippen LogP contribution in [0, 0.1) is 0 Å². The van der Waals surface area contributed by atoms with E-state index in [1.54, 1.807) is 0 Å². The molecule has 0 fully saturated rings. The molecule has 1 aromatic rings. The van der Waals surface area contributed by atoms with Crippen molar-refractivity contribution in [2.24, 2.45) is 0 Å². The SMILES string of the molecule is O=Cc1cc(OC(F)(F)F)n[nH]1. The quantitative estimate of drug-likeness (QED) is 0.694. The first-order chi connectivity index (χ1) is 5.51. The van der Waals surface area contributed by atoms with Gasteiger partial charge in [0.25, 0.3) is 0 Å². The standard InChI is InChI=1S/C5H3F3N2O2/c6-5(7,8)12-4-1-3(2-11)9-10-4/h1-2H,(H,9,10). The van der Waals surface area contributed by atoms with Gasteiger partial charge in [0.2, 0.25) is 5.88 Å². The number of rotatable bonds is 2. The Morgan fingerprint density at radius 3 is 2.67 bits per heavy atom. The summed E-state index contributed by atoms with van der Waals surface area (Å²) in [6.45, 7) is 0. The predicted octanol–water partition coefficient (Wildman–Crippen LogP) is 1.12. The van der Waals surface area contributed by atoms with E-state index < -0.39 is 12.2 Å². The molecule has 0 unspecified atom stereocenters. The molecule has 0 spiro atoms. The third-order valence-electron chi connectivity index (χ3n) is 0.921. The zero-order valence-corrected chi connectivity index (χ0v) is 5.55. The van der Waals surface area contributed by atoms with Gasteiger partial charge in [0.15, 0.2) is 6.29 Å².